The van der Waals surface area contributed by atoms with Crippen molar-refractivity contribution in [2.75, 3.05) is 6.54 Å². The lowest BCUT2D eigenvalue weighted by Gasteiger charge is -2.08. The van der Waals surface area contributed by atoms with Gasteiger partial charge in [0.2, 0.25) is 0 Å². The molecular formula is C12H12BrCl2NO3S. The van der Waals surface area contributed by atoms with Crippen LogP contribution in [0.3, 0.4) is 0 Å². The molecule has 1 aromatic rings. The molecule has 0 saturated heterocycles. The van der Waals surface area contributed by atoms with Crippen LogP contribution in [0.1, 0.15) is 23.7 Å². The van der Waals surface area contributed by atoms with Crippen molar-refractivity contribution in [2.24, 2.45) is 11.8 Å². The van der Waals surface area contributed by atoms with Gasteiger partial charge in [-0.1, -0.05) is 18.5 Å². The predicted octanol–water partition coefficient (Wildman–Crippen LogP) is 3.42. The van der Waals surface area contributed by atoms with E-state index in [9.17, 15) is 13.2 Å². The van der Waals surface area contributed by atoms with Crippen molar-refractivity contribution in [3.63, 3.8) is 0 Å². The standard InChI is InChI=1S/C12H12BrCl2NO3S/c1-6-2-8(6)5-16-12(17)7-3-9(14)11(13)10(4-7)20(15,18)19/h3-4,6,8H,2,5H2,1H3,(H,16,17). The number of rotatable bonds is 4. The number of halogens is 3. The number of carbonyl (C=O) groups excluding carboxylic acids is 1. The maximum atomic E-state index is 12.0. The molecule has 1 aliphatic carbocycles. The average Bonchev–Trinajstić information content (AvgIpc) is 3.04. The Bertz CT molecular complexity index is 663. The van der Waals surface area contributed by atoms with Crippen molar-refractivity contribution < 1.29 is 13.2 Å². The lowest BCUT2D eigenvalue weighted by molar-refractivity contribution is 0.0951. The summed E-state index contributed by atoms with van der Waals surface area (Å²) in [6, 6.07) is 2.62. The number of nitrogens with one attached hydrogen (secondary N) is 1. The van der Waals surface area contributed by atoms with Gasteiger partial charge >= 0.3 is 0 Å². The van der Waals surface area contributed by atoms with Gasteiger partial charge in [-0.15, -0.1) is 0 Å². The molecule has 2 unspecified atom stereocenters. The van der Waals surface area contributed by atoms with Crippen LogP contribution in [0.4, 0.5) is 0 Å². The third-order valence-corrected chi connectivity index (χ3v) is 6.31. The zero-order valence-electron chi connectivity index (χ0n) is 10.5. The Morgan fingerprint density at radius 1 is 1.50 bits per heavy atom. The van der Waals surface area contributed by atoms with E-state index in [4.69, 9.17) is 22.3 Å². The average molecular weight is 401 g/mol. The molecule has 0 aliphatic heterocycles. The van der Waals surface area contributed by atoms with E-state index in [0.717, 1.165) is 6.42 Å². The van der Waals surface area contributed by atoms with E-state index in [1.54, 1.807) is 0 Å². The maximum absolute atomic E-state index is 12.0. The second-order valence-electron chi connectivity index (χ2n) is 4.89. The molecule has 4 nitrogen and oxygen atoms in total. The molecule has 0 heterocycles. The smallest absolute Gasteiger partial charge is 0.262 e. The predicted molar refractivity (Wildman–Crippen MR) is 81.8 cm³/mol. The highest BCUT2D eigenvalue weighted by Gasteiger charge is 2.32. The lowest BCUT2D eigenvalue weighted by atomic mass is 10.2. The number of hydrogen-bond donors (Lipinski definition) is 1. The number of carbonyl (C=O) groups is 1. The zero-order chi connectivity index (χ0) is 15.1. The van der Waals surface area contributed by atoms with E-state index in [1.165, 1.54) is 12.1 Å². The Hall–Kier alpha value is -0.300. The van der Waals surface area contributed by atoms with Crippen LogP contribution in [0, 0.1) is 11.8 Å². The van der Waals surface area contributed by atoms with Gasteiger partial charge in [0, 0.05) is 22.8 Å². The van der Waals surface area contributed by atoms with Crippen molar-refractivity contribution in [3.8, 4) is 0 Å². The Morgan fingerprint density at radius 3 is 2.60 bits per heavy atom. The van der Waals surface area contributed by atoms with E-state index in [2.05, 4.69) is 28.2 Å². The maximum Gasteiger partial charge on any atom is 0.262 e. The number of amides is 1. The number of benzene rings is 1. The molecule has 1 saturated carbocycles. The minimum Gasteiger partial charge on any atom is -0.352 e. The second kappa shape index (κ2) is 5.83. The number of hydrogen-bond acceptors (Lipinski definition) is 3. The summed E-state index contributed by atoms with van der Waals surface area (Å²) < 4.78 is 23.0. The first-order chi connectivity index (χ1) is 9.20. The van der Waals surface area contributed by atoms with Crippen LogP contribution >= 0.6 is 38.2 Å². The molecule has 0 spiro atoms. The third-order valence-electron chi connectivity index (χ3n) is 3.32. The highest BCUT2D eigenvalue weighted by atomic mass is 79.9. The van der Waals surface area contributed by atoms with E-state index < -0.39 is 9.05 Å². The molecule has 110 valence electrons. The molecule has 1 aromatic carbocycles. The largest absolute Gasteiger partial charge is 0.352 e. The Kier molecular flexibility index (Phi) is 4.69. The first-order valence-electron chi connectivity index (χ1n) is 5.92. The molecule has 2 rings (SSSR count). The van der Waals surface area contributed by atoms with Crippen LogP contribution in [0.2, 0.25) is 5.02 Å². The van der Waals surface area contributed by atoms with E-state index >= 15 is 0 Å². The molecule has 0 radical (unpaired) electrons. The summed E-state index contributed by atoms with van der Waals surface area (Å²) >= 11 is 8.97. The van der Waals surface area contributed by atoms with Gasteiger partial charge in [-0.25, -0.2) is 8.42 Å². The van der Waals surface area contributed by atoms with Gasteiger partial charge in [0.15, 0.2) is 0 Å². The molecule has 1 N–H and O–H groups in total. The zero-order valence-corrected chi connectivity index (χ0v) is 14.4. The van der Waals surface area contributed by atoms with Gasteiger partial charge in [0.1, 0.15) is 0 Å². The fourth-order valence-corrected chi connectivity index (χ4v) is 4.26. The van der Waals surface area contributed by atoms with Crippen molar-refractivity contribution in [1.82, 2.24) is 5.32 Å². The van der Waals surface area contributed by atoms with Crippen LogP contribution in [0.15, 0.2) is 21.5 Å². The van der Waals surface area contributed by atoms with E-state index in [-0.39, 0.29) is 25.9 Å². The molecule has 0 bridgehead atoms. The van der Waals surface area contributed by atoms with Gasteiger partial charge in [0.25, 0.3) is 15.0 Å². The van der Waals surface area contributed by atoms with Gasteiger partial charge in [-0.3, -0.25) is 4.79 Å². The SMILES string of the molecule is CC1CC1CNC(=O)c1cc(Cl)c(Br)c(S(=O)(=O)Cl)c1. The fourth-order valence-electron chi connectivity index (χ4n) is 1.88. The highest BCUT2D eigenvalue weighted by molar-refractivity contribution is 9.10. The lowest BCUT2D eigenvalue weighted by Crippen LogP contribution is -2.26. The molecule has 1 aliphatic rings. The van der Waals surface area contributed by atoms with Crippen LogP contribution < -0.4 is 5.32 Å². The Morgan fingerprint density at radius 2 is 2.10 bits per heavy atom. The van der Waals surface area contributed by atoms with Crippen LogP contribution in [0.5, 0.6) is 0 Å². The molecule has 1 fully saturated rings. The van der Waals surface area contributed by atoms with Crippen molar-refractivity contribution in [1.29, 1.82) is 0 Å². The summed E-state index contributed by atoms with van der Waals surface area (Å²) in [5.74, 6) is 0.767. The van der Waals surface area contributed by atoms with Crippen molar-refractivity contribution >= 4 is 53.2 Å². The first-order valence-corrected chi connectivity index (χ1v) is 9.40. The highest BCUT2D eigenvalue weighted by Crippen LogP contribution is 2.37. The third kappa shape index (κ3) is 3.67. The summed E-state index contributed by atoms with van der Waals surface area (Å²) in [7, 11) is 1.34. The Labute approximate surface area is 135 Å². The van der Waals surface area contributed by atoms with E-state index in [0.29, 0.717) is 18.4 Å². The minimum atomic E-state index is -3.98. The van der Waals surface area contributed by atoms with Crippen molar-refractivity contribution in [2.45, 2.75) is 18.2 Å². The van der Waals surface area contributed by atoms with Gasteiger partial charge in [0.05, 0.1) is 14.4 Å². The van der Waals surface area contributed by atoms with Gasteiger partial charge in [-0.05, 0) is 46.3 Å². The summed E-state index contributed by atoms with van der Waals surface area (Å²) in [6.45, 7) is 2.70. The Balaban J connectivity index is 2.23. The van der Waals surface area contributed by atoms with Crippen LogP contribution in [-0.2, 0) is 9.05 Å². The normalized spacial score (nSPS) is 21.6. The molecule has 8 heteroatoms. The van der Waals surface area contributed by atoms with Gasteiger partial charge < -0.3 is 5.32 Å². The second-order valence-corrected chi connectivity index (χ2v) is 8.63. The summed E-state index contributed by atoms with van der Waals surface area (Å²) in [4.78, 5) is 11.8. The quantitative estimate of drug-likeness (QED) is 0.787. The topological polar surface area (TPSA) is 63.2 Å². The molecule has 2 atom stereocenters. The monoisotopic (exact) mass is 399 g/mol. The molecule has 1 amide bonds. The minimum absolute atomic E-state index is 0.122. The van der Waals surface area contributed by atoms with Crippen LogP contribution in [0.25, 0.3) is 0 Å². The molecular weight excluding hydrogens is 389 g/mol. The summed E-state index contributed by atoms with van der Waals surface area (Å²) in [5.41, 5.74) is 0.172. The first kappa shape index (κ1) is 16.1. The van der Waals surface area contributed by atoms with Crippen molar-refractivity contribution in [3.05, 3.63) is 27.2 Å². The molecule has 20 heavy (non-hydrogen) atoms. The van der Waals surface area contributed by atoms with E-state index in [1.807, 2.05) is 0 Å². The summed E-state index contributed by atoms with van der Waals surface area (Å²) in [6.07, 6.45) is 1.10. The van der Waals surface area contributed by atoms with Gasteiger partial charge in [-0.2, -0.15) is 0 Å². The molecule has 0 aromatic heterocycles. The van der Waals surface area contributed by atoms with Crippen LogP contribution in [-0.4, -0.2) is 20.9 Å². The fraction of sp³-hybridized carbons (Fsp3) is 0.417. The summed E-state index contributed by atoms with van der Waals surface area (Å²) in [5, 5.41) is 2.89.